The second-order valence-electron chi connectivity index (χ2n) is 7.37. The van der Waals surface area contributed by atoms with Crippen molar-refractivity contribution in [3.63, 3.8) is 0 Å². The lowest BCUT2D eigenvalue weighted by atomic mass is 9.90. The highest BCUT2D eigenvalue weighted by Crippen LogP contribution is 2.22. The van der Waals surface area contributed by atoms with Crippen LogP contribution in [-0.4, -0.2) is 23.6 Å². The standard InChI is InChI=1S/C20H28N2O3/c1-14(23)15-10-12-17(13-11-15)22-19(25)20(2,3)18(24)21-16-8-6-4-5-7-9-16/h10-13,16H,4-9H2,1-3H3,(H,21,24)(H,22,25). The summed E-state index contributed by atoms with van der Waals surface area (Å²) in [7, 11) is 0. The number of carbonyl (C=O) groups is 3. The summed E-state index contributed by atoms with van der Waals surface area (Å²) in [6, 6.07) is 6.84. The van der Waals surface area contributed by atoms with E-state index in [0.29, 0.717) is 11.3 Å². The van der Waals surface area contributed by atoms with Crippen molar-refractivity contribution in [2.24, 2.45) is 5.41 Å². The Bertz CT molecular complexity index is 627. The molecule has 1 aromatic carbocycles. The van der Waals surface area contributed by atoms with Crippen LogP contribution in [-0.2, 0) is 9.59 Å². The summed E-state index contributed by atoms with van der Waals surface area (Å²) < 4.78 is 0. The van der Waals surface area contributed by atoms with Crippen molar-refractivity contribution in [1.29, 1.82) is 0 Å². The maximum Gasteiger partial charge on any atom is 0.239 e. The fourth-order valence-corrected chi connectivity index (χ4v) is 2.97. The number of benzene rings is 1. The molecule has 0 bridgehead atoms. The smallest absolute Gasteiger partial charge is 0.239 e. The molecule has 0 spiro atoms. The minimum Gasteiger partial charge on any atom is -0.352 e. The highest BCUT2D eigenvalue weighted by molar-refractivity contribution is 6.10. The molecule has 1 aliphatic carbocycles. The summed E-state index contributed by atoms with van der Waals surface area (Å²) in [6.45, 7) is 4.77. The monoisotopic (exact) mass is 344 g/mol. The van der Waals surface area contributed by atoms with Gasteiger partial charge in [0, 0.05) is 17.3 Å². The van der Waals surface area contributed by atoms with Gasteiger partial charge in [-0.25, -0.2) is 0 Å². The minimum atomic E-state index is -1.16. The van der Waals surface area contributed by atoms with E-state index in [-0.39, 0.29) is 23.6 Å². The number of Topliss-reactive ketones (excluding diaryl/α,β-unsaturated/α-hetero) is 1. The summed E-state index contributed by atoms with van der Waals surface area (Å²) in [5.74, 6) is -0.618. The molecular formula is C20H28N2O3. The third-order valence-electron chi connectivity index (χ3n) is 4.87. The Kier molecular flexibility index (Phi) is 6.34. The summed E-state index contributed by atoms with van der Waals surface area (Å²) in [4.78, 5) is 36.5. The lowest BCUT2D eigenvalue weighted by Gasteiger charge is -2.26. The van der Waals surface area contributed by atoms with E-state index >= 15 is 0 Å². The van der Waals surface area contributed by atoms with Gasteiger partial charge in [-0.3, -0.25) is 14.4 Å². The third kappa shape index (κ3) is 5.15. The molecule has 5 nitrogen and oxygen atoms in total. The van der Waals surface area contributed by atoms with Gasteiger partial charge >= 0.3 is 0 Å². The minimum absolute atomic E-state index is 0.0269. The van der Waals surface area contributed by atoms with Gasteiger partial charge in [0.25, 0.3) is 0 Å². The first kappa shape index (κ1) is 19.2. The summed E-state index contributed by atoms with van der Waals surface area (Å²) in [5, 5.41) is 5.81. The molecule has 25 heavy (non-hydrogen) atoms. The molecule has 2 amide bonds. The molecule has 1 fully saturated rings. The molecule has 2 rings (SSSR count). The maximum absolute atomic E-state index is 12.6. The van der Waals surface area contributed by atoms with E-state index in [1.54, 1.807) is 38.1 Å². The fraction of sp³-hybridized carbons (Fsp3) is 0.550. The first-order valence-corrected chi connectivity index (χ1v) is 9.04. The molecule has 2 N–H and O–H groups in total. The zero-order valence-corrected chi connectivity index (χ0v) is 15.4. The van der Waals surface area contributed by atoms with Gasteiger partial charge in [-0.05, 0) is 57.9 Å². The molecule has 1 aromatic rings. The van der Waals surface area contributed by atoms with Gasteiger partial charge in [0.1, 0.15) is 5.41 Å². The van der Waals surface area contributed by atoms with E-state index in [4.69, 9.17) is 0 Å². The van der Waals surface area contributed by atoms with E-state index in [1.807, 2.05) is 0 Å². The van der Waals surface area contributed by atoms with Crippen LogP contribution in [0.1, 0.15) is 69.7 Å². The largest absolute Gasteiger partial charge is 0.352 e. The number of nitrogens with one attached hydrogen (secondary N) is 2. The zero-order valence-electron chi connectivity index (χ0n) is 15.4. The zero-order chi connectivity index (χ0) is 18.4. The van der Waals surface area contributed by atoms with Crippen LogP contribution in [0.4, 0.5) is 5.69 Å². The average Bonchev–Trinajstić information content (AvgIpc) is 2.83. The van der Waals surface area contributed by atoms with Crippen molar-refractivity contribution in [3.05, 3.63) is 29.8 Å². The lowest BCUT2D eigenvalue weighted by Crippen LogP contribution is -2.48. The Morgan fingerprint density at radius 1 is 0.920 bits per heavy atom. The lowest BCUT2D eigenvalue weighted by molar-refractivity contribution is -0.138. The predicted octanol–water partition coefficient (Wildman–Crippen LogP) is 3.69. The van der Waals surface area contributed by atoms with Crippen molar-refractivity contribution in [1.82, 2.24) is 5.32 Å². The van der Waals surface area contributed by atoms with E-state index in [2.05, 4.69) is 10.6 Å². The van der Waals surface area contributed by atoms with Crippen LogP contribution in [0.15, 0.2) is 24.3 Å². The highest BCUT2D eigenvalue weighted by Gasteiger charge is 2.37. The van der Waals surface area contributed by atoms with Gasteiger partial charge in [-0.2, -0.15) is 0 Å². The van der Waals surface area contributed by atoms with Gasteiger partial charge in [-0.15, -0.1) is 0 Å². The molecule has 0 atom stereocenters. The van der Waals surface area contributed by atoms with E-state index in [1.165, 1.54) is 19.8 Å². The number of hydrogen-bond acceptors (Lipinski definition) is 3. The van der Waals surface area contributed by atoms with Gasteiger partial charge in [0.05, 0.1) is 0 Å². The quantitative estimate of drug-likeness (QED) is 0.486. The van der Waals surface area contributed by atoms with Gasteiger partial charge in [0.2, 0.25) is 11.8 Å². The molecule has 0 saturated heterocycles. The Morgan fingerprint density at radius 3 is 2.00 bits per heavy atom. The summed E-state index contributed by atoms with van der Waals surface area (Å²) >= 11 is 0. The molecule has 5 heteroatoms. The van der Waals surface area contributed by atoms with E-state index in [9.17, 15) is 14.4 Å². The van der Waals surface area contributed by atoms with Gasteiger partial charge in [0.15, 0.2) is 5.78 Å². The molecule has 1 aliphatic rings. The molecule has 0 aliphatic heterocycles. The van der Waals surface area contributed by atoms with Crippen LogP contribution in [0, 0.1) is 5.41 Å². The molecule has 0 heterocycles. The number of rotatable bonds is 5. The van der Waals surface area contributed by atoms with Crippen LogP contribution in [0.25, 0.3) is 0 Å². The topological polar surface area (TPSA) is 75.3 Å². The Hall–Kier alpha value is -2.17. The molecule has 1 saturated carbocycles. The number of hydrogen-bond donors (Lipinski definition) is 2. The Labute approximate surface area is 149 Å². The Balaban J connectivity index is 1.97. The number of amides is 2. The summed E-state index contributed by atoms with van der Waals surface area (Å²) in [6.07, 6.45) is 6.64. The van der Waals surface area contributed by atoms with Crippen molar-refractivity contribution in [3.8, 4) is 0 Å². The molecule has 0 aromatic heterocycles. The van der Waals surface area contributed by atoms with Crippen LogP contribution in [0.3, 0.4) is 0 Å². The molecular weight excluding hydrogens is 316 g/mol. The first-order valence-electron chi connectivity index (χ1n) is 9.04. The molecule has 0 unspecified atom stereocenters. The number of ketones is 1. The van der Waals surface area contributed by atoms with Crippen LogP contribution in [0.2, 0.25) is 0 Å². The number of carbonyl (C=O) groups excluding carboxylic acids is 3. The third-order valence-corrected chi connectivity index (χ3v) is 4.87. The summed E-state index contributed by atoms with van der Waals surface area (Å²) in [5.41, 5.74) is -0.000319. The second kappa shape index (κ2) is 8.28. The highest BCUT2D eigenvalue weighted by atomic mass is 16.2. The normalized spacial score (nSPS) is 16.0. The van der Waals surface area contributed by atoms with Crippen molar-refractivity contribution >= 4 is 23.3 Å². The predicted molar refractivity (Wildman–Crippen MR) is 98.5 cm³/mol. The van der Waals surface area contributed by atoms with Crippen LogP contribution in [0.5, 0.6) is 0 Å². The molecule has 136 valence electrons. The van der Waals surface area contributed by atoms with E-state index in [0.717, 1.165) is 25.7 Å². The Morgan fingerprint density at radius 2 is 1.48 bits per heavy atom. The number of anilines is 1. The molecule has 0 radical (unpaired) electrons. The average molecular weight is 344 g/mol. The SMILES string of the molecule is CC(=O)c1ccc(NC(=O)C(C)(C)C(=O)NC2CCCCCC2)cc1. The van der Waals surface area contributed by atoms with Crippen molar-refractivity contribution in [2.45, 2.75) is 65.3 Å². The van der Waals surface area contributed by atoms with Crippen LogP contribution >= 0.6 is 0 Å². The van der Waals surface area contributed by atoms with E-state index < -0.39 is 5.41 Å². The van der Waals surface area contributed by atoms with Crippen molar-refractivity contribution in [2.75, 3.05) is 5.32 Å². The second-order valence-corrected chi connectivity index (χ2v) is 7.37. The maximum atomic E-state index is 12.6. The van der Waals surface area contributed by atoms with Crippen molar-refractivity contribution < 1.29 is 14.4 Å². The first-order chi connectivity index (χ1) is 11.8. The van der Waals surface area contributed by atoms with Gasteiger partial charge < -0.3 is 10.6 Å². The van der Waals surface area contributed by atoms with Crippen LogP contribution < -0.4 is 10.6 Å². The van der Waals surface area contributed by atoms with Gasteiger partial charge in [-0.1, -0.05) is 25.7 Å². The fourth-order valence-electron chi connectivity index (χ4n) is 2.97.